The summed E-state index contributed by atoms with van der Waals surface area (Å²) in [5, 5.41) is 14.1. The smallest absolute Gasteiger partial charge is 0.337 e. The molecule has 0 heterocycles. The maximum atomic E-state index is 11.6. The topological polar surface area (TPSA) is 81.5 Å². The molecule has 0 fully saturated rings. The number of hydrogen-bond acceptors (Lipinski definition) is 6. The van der Waals surface area contributed by atoms with E-state index in [4.69, 9.17) is 0 Å². The average Bonchev–Trinajstić information content (AvgIpc) is 2.54. The van der Waals surface area contributed by atoms with Crippen LogP contribution in [0.3, 0.4) is 0 Å². The van der Waals surface area contributed by atoms with Crippen LogP contribution in [0.4, 0.5) is 17.1 Å². The van der Waals surface area contributed by atoms with Gasteiger partial charge in [0.2, 0.25) is 0 Å². The number of esters is 1. The number of ether oxygens (including phenoxy) is 1. The maximum absolute atomic E-state index is 11.6. The van der Waals surface area contributed by atoms with Crippen LogP contribution in [0.2, 0.25) is 0 Å². The van der Waals surface area contributed by atoms with Crippen LogP contribution in [0.25, 0.3) is 0 Å². The normalized spacial score (nSPS) is 10.1. The van der Waals surface area contributed by atoms with E-state index in [1.54, 1.807) is 11.8 Å². The molecular formula is C15H14N2O4S. The number of carbonyl (C=O) groups excluding carboxylic acids is 1. The summed E-state index contributed by atoms with van der Waals surface area (Å²) in [4.78, 5) is 23.3. The molecule has 0 amide bonds. The number of rotatable bonds is 5. The summed E-state index contributed by atoms with van der Waals surface area (Å²) in [5.74, 6) is -0.546. The fourth-order valence-electron chi connectivity index (χ4n) is 1.87. The van der Waals surface area contributed by atoms with E-state index in [0.29, 0.717) is 5.69 Å². The highest BCUT2D eigenvalue weighted by atomic mass is 32.2. The molecule has 0 radical (unpaired) electrons. The number of methoxy groups -OCH3 is 1. The molecule has 6 nitrogen and oxygen atoms in total. The van der Waals surface area contributed by atoms with Crippen LogP contribution in [0.5, 0.6) is 0 Å². The Hall–Kier alpha value is -2.54. The van der Waals surface area contributed by atoms with Crippen molar-refractivity contribution < 1.29 is 14.5 Å². The van der Waals surface area contributed by atoms with Crippen molar-refractivity contribution in [3.05, 3.63) is 58.1 Å². The van der Waals surface area contributed by atoms with Crippen LogP contribution in [0.1, 0.15) is 10.4 Å². The van der Waals surface area contributed by atoms with Crippen molar-refractivity contribution in [3.63, 3.8) is 0 Å². The fraction of sp³-hybridized carbons (Fsp3) is 0.133. The molecule has 1 N–H and O–H groups in total. The minimum Gasteiger partial charge on any atom is -0.465 e. The Morgan fingerprint density at radius 1 is 1.23 bits per heavy atom. The number of thioether (sulfide) groups is 1. The summed E-state index contributed by atoms with van der Waals surface area (Å²) in [5.41, 5.74) is 1.07. The number of hydrogen-bond donors (Lipinski definition) is 1. The van der Waals surface area contributed by atoms with Gasteiger partial charge in [-0.3, -0.25) is 10.1 Å². The molecule has 0 aliphatic heterocycles. The van der Waals surface area contributed by atoms with Crippen LogP contribution in [-0.4, -0.2) is 24.3 Å². The first-order valence-corrected chi connectivity index (χ1v) is 7.55. The monoisotopic (exact) mass is 318 g/mol. The summed E-state index contributed by atoms with van der Waals surface area (Å²) in [6.45, 7) is 0. The zero-order chi connectivity index (χ0) is 16.1. The Bertz CT molecular complexity index is 701. The summed E-state index contributed by atoms with van der Waals surface area (Å²) in [7, 11) is 1.26. The number of nitro groups is 1. The number of nitrogens with zero attached hydrogens (tertiary/aromatic N) is 1. The van der Waals surface area contributed by atoms with Crippen LogP contribution >= 0.6 is 11.8 Å². The van der Waals surface area contributed by atoms with E-state index in [1.807, 2.05) is 30.5 Å². The minimum atomic E-state index is -0.546. The third-order valence-corrected chi connectivity index (χ3v) is 3.73. The Morgan fingerprint density at radius 2 is 1.91 bits per heavy atom. The molecule has 7 heteroatoms. The summed E-state index contributed by atoms with van der Waals surface area (Å²) < 4.78 is 4.63. The number of benzene rings is 2. The summed E-state index contributed by atoms with van der Waals surface area (Å²) >= 11 is 1.60. The highest BCUT2D eigenvalue weighted by molar-refractivity contribution is 7.98. The van der Waals surface area contributed by atoms with Gasteiger partial charge in [0, 0.05) is 16.6 Å². The van der Waals surface area contributed by atoms with Gasteiger partial charge in [-0.2, -0.15) is 0 Å². The highest BCUT2D eigenvalue weighted by Crippen LogP contribution is 2.29. The van der Waals surface area contributed by atoms with E-state index in [1.165, 1.54) is 25.3 Å². The first-order chi connectivity index (χ1) is 10.5. The second-order valence-electron chi connectivity index (χ2n) is 4.33. The van der Waals surface area contributed by atoms with Crippen molar-refractivity contribution in [3.8, 4) is 0 Å². The standard InChI is InChI=1S/C15H14N2O4S/c1-21-15(18)10-3-8-14(17(19)20)13(9-10)16-11-4-6-12(22-2)7-5-11/h3-9,16H,1-2H3. The molecule has 0 atom stereocenters. The minimum absolute atomic E-state index is 0.110. The van der Waals surface area contributed by atoms with Gasteiger partial charge in [0.05, 0.1) is 17.6 Å². The molecule has 0 aliphatic carbocycles. The number of nitrogens with one attached hydrogen (secondary N) is 1. The van der Waals surface area contributed by atoms with Crippen LogP contribution in [0, 0.1) is 10.1 Å². The van der Waals surface area contributed by atoms with Crippen molar-refractivity contribution in [1.29, 1.82) is 0 Å². The van der Waals surface area contributed by atoms with E-state index in [0.717, 1.165) is 4.90 Å². The van der Waals surface area contributed by atoms with Crippen molar-refractivity contribution in [1.82, 2.24) is 0 Å². The summed E-state index contributed by atoms with van der Waals surface area (Å²) in [6, 6.07) is 11.5. The lowest BCUT2D eigenvalue weighted by Gasteiger charge is -2.09. The fourth-order valence-corrected chi connectivity index (χ4v) is 2.28. The first-order valence-electron chi connectivity index (χ1n) is 6.33. The van der Waals surface area contributed by atoms with Gasteiger partial charge >= 0.3 is 5.97 Å². The van der Waals surface area contributed by atoms with Crippen molar-refractivity contribution in [2.24, 2.45) is 0 Å². The molecule has 22 heavy (non-hydrogen) atoms. The SMILES string of the molecule is COC(=O)c1ccc([N+](=O)[O-])c(Nc2ccc(SC)cc2)c1. The molecule has 0 unspecified atom stereocenters. The number of carbonyl (C=O) groups is 1. The van der Waals surface area contributed by atoms with Gasteiger partial charge in [0.25, 0.3) is 5.69 Å². The number of anilines is 2. The maximum Gasteiger partial charge on any atom is 0.337 e. The van der Waals surface area contributed by atoms with E-state index in [9.17, 15) is 14.9 Å². The van der Waals surface area contributed by atoms with Gasteiger partial charge in [0.15, 0.2) is 0 Å². The van der Waals surface area contributed by atoms with Gasteiger partial charge in [-0.1, -0.05) is 0 Å². The van der Waals surface area contributed by atoms with Crippen LogP contribution < -0.4 is 5.32 Å². The predicted octanol–water partition coefficient (Wildman–Crippen LogP) is 3.85. The van der Waals surface area contributed by atoms with Gasteiger partial charge < -0.3 is 10.1 Å². The molecule has 0 saturated carbocycles. The zero-order valence-corrected chi connectivity index (χ0v) is 12.8. The Kier molecular flexibility index (Phi) is 5.00. The average molecular weight is 318 g/mol. The quantitative estimate of drug-likeness (QED) is 0.390. The molecule has 114 valence electrons. The molecule has 0 aliphatic rings. The van der Waals surface area contributed by atoms with Crippen LogP contribution in [0.15, 0.2) is 47.4 Å². The van der Waals surface area contributed by atoms with E-state index in [2.05, 4.69) is 10.1 Å². The lowest BCUT2D eigenvalue weighted by Crippen LogP contribution is -2.04. The molecule has 2 rings (SSSR count). The molecule has 0 aromatic heterocycles. The third kappa shape index (κ3) is 3.56. The Labute approximate surface area is 131 Å². The third-order valence-electron chi connectivity index (χ3n) is 2.98. The lowest BCUT2D eigenvalue weighted by molar-refractivity contribution is -0.383. The predicted molar refractivity (Wildman–Crippen MR) is 85.9 cm³/mol. The zero-order valence-electron chi connectivity index (χ0n) is 12.0. The van der Waals surface area contributed by atoms with Gasteiger partial charge in [-0.05, 0) is 42.7 Å². The Balaban J connectivity index is 2.37. The molecule has 2 aromatic rings. The number of nitro benzene ring substituents is 1. The van der Waals surface area contributed by atoms with Crippen LogP contribution in [-0.2, 0) is 4.74 Å². The molecule has 0 spiro atoms. The van der Waals surface area contributed by atoms with Crippen molar-refractivity contribution >= 4 is 34.8 Å². The van der Waals surface area contributed by atoms with E-state index < -0.39 is 10.9 Å². The molecule has 2 aromatic carbocycles. The molecule has 0 bridgehead atoms. The highest BCUT2D eigenvalue weighted by Gasteiger charge is 2.17. The summed E-state index contributed by atoms with van der Waals surface area (Å²) in [6.07, 6.45) is 1.97. The van der Waals surface area contributed by atoms with Crippen molar-refractivity contribution in [2.45, 2.75) is 4.90 Å². The lowest BCUT2D eigenvalue weighted by atomic mass is 10.1. The van der Waals surface area contributed by atoms with Gasteiger partial charge in [0.1, 0.15) is 5.69 Å². The second-order valence-corrected chi connectivity index (χ2v) is 5.21. The second kappa shape index (κ2) is 6.95. The van der Waals surface area contributed by atoms with E-state index in [-0.39, 0.29) is 16.9 Å². The van der Waals surface area contributed by atoms with E-state index >= 15 is 0 Å². The first kappa shape index (κ1) is 15.8. The molecule has 0 saturated heterocycles. The Morgan fingerprint density at radius 3 is 2.45 bits per heavy atom. The van der Waals surface area contributed by atoms with Crippen molar-refractivity contribution in [2.75, 3.05) is 18.7 Å². The van der Waals surface area contributed by atoms with Gasteiger partial charge in [-0.25, -0.2) is 4.79 Å². The largest absolute Gasteiger partial charge is 0.465 e. The molecular weight excluding hydrogens is 304 g/mol. The van der Waals surface area contributed by atoms with Gasteiger partial charge in [-0.15, -0.1) is 11.8 Å².